The Labute approximate surface area is 207 Å². The molecule has 0 atom stereocenters. The molecule has 0 aliphatic carbocycles. The molecule has 180 valence electrons. The number of hydrogen-bond acceptors (Lipinski definition) is 1. The molecule has 1 aliphatic rings. The summed E-state index contributed by atoms with van der Waals surface area (Å²) >= 11 is 0. The van der Waals surface area contributed by atoms with Gasteiger partial charge in [-0.05, 0) is 56.6 Å². The Kier molecular flexibility index (Phi) is 4.66. The number of amidine groups is 1. The SMILES string of the molecule is CC1(C)C(=Nc2ccc(C(F)(F)F)cc2)N=C(c2ccc3ccc4cccc5ccc2c3c45)C1(C)C. The van der Waals surface area contributed by atoms with Crippen LogP contribution in [0.4, 0.5) is 18.9 Å². The Morgan fingerprint density at radius 2 is 1.25 bits per heavy atom. The number of hydrogen-bond donors (Lipinski definition) is 0. The molecule has 5 heteroatoms. The summed E-state index contributed by atoms with van der Waals surface area (Å²) in [5.74, 6) is 0.618. The molecule has 0 saturated carbocycles. The van der Waals surface area contributed by atoms with Gasteiger partial charge >= 0.3 is 6.18 Å². The first-order valence-electron chi connectivity index (χ1n) is 12.0. The van der Waals surface area contributed by atoms with Gasteiger partial charge in [0, 0.05) is 16.4 Å². The van der Waals surface area contributed by atoms with Gasteiger partial charge in [0.1, 0.15) is 5.84 Å². The fraction of sp³-hybridized carbons (Fsp3) is 0.226. The van der Waals surface area contributed by atoms with Crippen LogP contribution < -0.4 is 0 Å². The molecule has 36 heavy (non-hydrogen) atoms. The summed E-state index contributed by atoms with van der Waals surface area (Å²) in [6.45, 7) is 8.53. The van der Waals surface area contributed by atoms with E-state index < -0.39 is 17.2 Å². The zero-order valence-electron chi connectivity index (χ0n) is 20.5. The van der Waals surface area contributed by atoms with Crippen LogP contribution in [0.1, 0.15) is 38.8 Å². The van der Waals surface area contributed by atoms with Crippen LogP contribution >= 0.6 is 0 Å². The van der Waals surface area contributed by atoms with Crippen molar-refractivity contribution in [3.8, 4) is 0 Å². The van der Waals surface area contributed by atoms with Gasteiger partial charge in [-0.3, -0.25) is 0 Å². The summed E-state index contributed by atoms with van der Waals surface area (Å²) in [4.78, 5) is 9.79. The van der Waals surface area contributed by atoms with E-state index in [4.69, 9.17) is 9.98 Å². The maximum atomic E-state index is 13.0. The fourth-order valence-electron chi connectivity index (χ4n) is 5.31. The van der Waals surface area contributed by atoms with Crippen LogP contribution in [-0.4, -0.2) is 11.5 Å². The Morgan fingerprint density at radius 3 is 1.89 bits per heavy atom. The highest BCUT2D eigenvalue weighted by Crippen LogP contribution is 2.50. The minimum Gasteiger partial charge on any atom is -0.236 e. The second-order valence-corrected chi connectivity index (χ2v) is 10.7. The Balaban J connectivity index is 1.54. The minimum atomic E-state index is -4.37. The maximum absolute atomic E-state index is 13.0. The molecule has 6 rings (SSSR count). The Morgan fingerprint density at radius 1 is 0.667 bits per heavy atom. The summed E-state index contributed by atoms with van der Waals surface area (Å²) in [6.07, 6.45) is -4.37. The van der Waals surface area contributed by atoms with Crippen LogP contribution in [0.5, 0.6) is 0 Å². The van der Waals surface area contributed by atoms with Crippen LogP contribution in [0.3, 0.4) is 0 Å². The van der Waals surface area contributed by atoms with Crippen molar-refractivity contribution in [3.63, 3.8) is 0 Å². The zero-order valence-corrected chi connectivity index (χ0v) is 20.5. The minimum absolute atomic E-state index is 0.360. The number of nitrogens with zero attached hydrogens (tertiary/aromatic N) is 2. The van der Waals surface area contributed by atoms with E-state index in [1.807, 2.05) is 0 Å². The van der Waals surface area contributed by atoms with Gasteiger partial charge in [-0.25, -0.2) is 9.98 Å². The average Bonchev–Trinajstić information content (AvgIpc) is 3.01. The molecule has 0 fully saturated rings. The van der Waals surface area contributed by atoms with E-state index in [-0.39, 0.29) is 5.41 Å². The standard InChI is InChI=1S/C31H25F3N2/c1-29(2)27(36-28(30(29,3)4)35-22-14-12-21(13-15-22)31(32,33)34)24-17-11-20-9-8-18-6-5-7-19-10-16-23(24)26(20)25(18)19/h5-17H,1-4H3. The summed E-state index contributed by atoms with van der Waals surface area (Å²) in [6, 6.07) is 24.3. The smallest absolute Gasteiger partial charge is 0.236 e. The summed E-state index contributed by atoms with van der Waals surface area (Å²) < 4.78 is 39.0. The van der Waals surface area contributed by atoms with Crippen LogP contribution in [0.2, 0.25) is 0 Å². The number of benzene rings is 5. The number of rotatable bonds is 2. The van der Waals surface area contributed by atoms with Crippen LogP contribution in [0, 0.1) is 10.8 Å². The molecule has 5 aromatic carbocycles. The second-order valence-electron chi connectivity index (χ2n) is 10.7. The number of aliphatic imine (C=N–C) groups is 2. The topological polar surface area (TPSA) is 24.7 Å². The summed E-state index contributed by atoms with van der Waals surface area (Å²) in [5.41, 5.74) is 0.986. The Bertz CT molecular complexity index is 1690. The van der Waals surface area contributed by atoms with Crippen molar-refractivity contribution in [2.45, 2.75) is 33.9 Å². The lowest BCUT2D eigenvalue weighted by atomic mass is 9.65. The van der Waals surface area contributed by atoms with E-state index in [1.54, 1.807) is 0 Å². The third-order valence-electron chi connectivity index (χ3n) is 8.14. The fourth-order valence-corrected chi connectivity index (χ4v) is 5.31. The van der Waals surface area contributed by atoms with Gasteiger partial charge in [-0.15, -0.1) is 0 Å². The van der Waals surface area contributed by atoms with Gasteiger partial charge in [0.05, 0.1) is 17.0 Å². The van der Waals surface area contributed by atoms with E-state index in [1.165, 1.54) is 39.1 Å². The summed E-state index contributed by atoms with van der Waals surface area (Å²) in [5, 5.41) is 7.24. The van der Waals surface area contributed by atoms with E-state index in [0.29, 0.717) is 11.5 Å². The number of alkyl halides is 3. The van der Waals surface area contributed by atoms with Gasteiger partial charge in [0.25, 0.3) is 0 Å². The van der Waals surface area contributed by atoms with Gasteiger partial charge in [-0.1, -0.05) is 82.3 Å². The molecule has 0 aromatic heterocycles. The lowest BCUT2D eigenvalue weighted by Crippen LogP contribution is -2.38. The maximum Gasteiger partial charge on any atom is 0.416 e. The molecular formula is C31H25F3N2. The first-order chi connectivity index (χ1) is 17.0. The molecular weight excluding hydrogens is 457 g/mol. The first kappa shape index (κ1) is 22.7. The van der Waals surface area contributed by atoms with Gasteiger partial charge in [0.2, 0.25) is 0 Å². The van der Waals surface area contributed by atoms with E-state index in [0.717, 1.165) is 28.8 Å². The molecule has 0 amide bonds. The normalized spacial score (nSPS) is 18.5. The van der Waals surface area contributed by atoms with E-state index >= 15 is 0 Å². The molecule has 0 bridgehead atoms. The first-order valence-corrected chi connectivity index (χ1v) is 12.0. The van der Waals surface area contributed by atoms with Crippen LogP contribution in [0.25, 0.3) is 32.3 Å². The molecule has 0 saturated heterocycles. The van der Waals surface area contributed by atoms with Gasteiger partial charge in [0.15, 0.2) is 0 Å². The zero-order chi connectivity index (χ0) is 25.5. The highest BCUT2D eigenvalue weighted by molar-refractivity contribution is 6.29. The third-order valence-corrected chi connectivity index (χ3v) is 8.14. The molecule has 0 N–H and O–H groups in total. The predicted octanol–water partition coefficient (Wildman–Crippen LogP) is 9.19. The number of halogens is 3. The van der Waals surface area contributed by atoms with E-state index in [9.17, 15) is 13.2 Å². The highest BCUT2D eigenvalue weighted by Gasteiger charge is 2.50. The molecule has 0 radical (unpaired) electrons. The third kappa shape index (κ3) is 3.18. The van der Waals surface area contributed by atoms with Crippen LogP contribution in [-0.2, 0) is 6.18 Å². The van der Waals surface area contributed by atoms with Crippen molar-refractivity contribution < 1.29 is 13.2 Å². The highest BCUT2D eigenvalue weighted by atomic mass is 19.4. The molecule has 1 aliphatic heterocycles. The van der Waals surface area contributed by atoms with Crippen molar-refractivity contribution in [2.24, 2.45) is 20.8 Å². The monoisotopic (exact) mass is 482 g/mol. The largest absolute Gasteiger partial charge is 0.416 e. The summed E-state index contributed by atoms with van der Waals surface area (Å²) in [7, 11) is 0. The Hall–Kier alpha value is -3.73. The van der Waals surface area contributed by atoms with Gasteiger partial charge in [-0.2, -0.15) is 13.2 Å². The van der Waals surface area contributed by atoms with Crippen molar-refractivity contribution >= 4 is 49.6 Å². The van der Waals surface area contributed by atoms with Crippen molar-refractivity contribution in [2.75, 3.05) is 0 Å². The quantitative estimate of drug-likeness (QED) is 0.224. The predicted molar refractivity (Wildman–Crippen MR) is 143 cm³/mol. The molecule has 0 spiro atoms. The average molecular weight is 483 g/mol. The molecule has 1 heterocycles. The molecule has 0 unspecified atom stereocenters. The van der Waals surface area contributed by atoms with Crippen LogP contribution in [0.15, 0.2) is 88.8 Å². The van der Waals surface area contributed by atoms with E-state index in [2.05, 4.69) is 82.3 Å². The molecule has 5 aromatic rings. The lowest BCUT2D eigenvalue weighted by Gasteiger charge is -2.36. The molecule has 2 nitrogen and oxygen atoms in total. The second kappa shape index (κ2) is 7.39. The van der Waals surface area contributed by atoms with Crippen molar-refractivity contribution in [1.82, 2.24) is 0 Å². The van der Waals surface area contributed by atoms with Crippen molar-refractivity contribution in [3.05, 3.63) is 90.0 Å². The lowest BCUT2D eigenvalue weighted by molar-refractivity contribution is -0.137. The van der Waals surface area contributed by atoms with Crippen molar-refractivity contribution in [1.29, 1.82) is 0 Å². The van der Waals surface area contributed by atoms with Gasteiger partial charge < -0.3 is 0 Å².